The summed E-state index contributed by atoms with van der Waals surface area (Å²) in [5, 5.41) is 0. The van der Waals surface area contributed by atoms with Crippen LogP contribution in [-0.4, -0.2) is 48.4 Å². The minimum absolute atomic E-state index is 0.0917. The number of amides is 1. The topological polar surface area (TPSA) is 23.6 Å². The molecule has 2 rings (SSSR count). The van der Waals surface area contributed by atoms with Crippen molar-refractivity contribution in [3.05, 3.63) is 35.4 Å². The molecule has 0 aromatic heterocycles. The predicted molar refractivity (Wildman–Crippen MR) is 83.2 cm³/mol. The Morgan fingerprint density at radius 2 is 2.10 bits per heavy atom. The van der Waals surface area contributed by atoms with Gasteiger partial charge >= 0.3 is 0 Å². The molecule has 0 bridgehead atoms. The average molecular weight is 295 g/mol. The molecule has 1 fully saturated rings. The fraction of sp³-hybridized carbons (Fsp3) is 0.562. The molecule has 0 radical (unpaired) electrons. The van der Waals surface area contributed by atoms with Crippen LogP contribution < -0.4 is 0 Å². The van der Waals surface area contributed by atoms with Crippen LogP contribution >= 0.6 is 11.6 Å². The number of benzene rings is 1. The van der Waals surface area contributed by atoms with E-state index in [-0.39, 0.29) is 5.91 Å². The summed E-state index contributed by atoms with van der Waals surface area (Å²) >= 11 is 5.77. The second-order valence-corrected chi connectivity index (χ2v) is 5.71. The van der Waals surface area contributed by atoms with Crippen molar-refractivity contribution in [1.82, 2.24) is 9.80 Å². The number of hydrogen-bond donors (Lipinski definition) is 0. The third kappa shape index (κ3) is 3.53. The number of carbonyl (C=O) groups excluding carboxylic acids is 1. The van der Waals surface area contributed by atoms with E-state index in [0.29, 0.717) is 11.9 Å². The van der Waals surface area contributed by atoms with Crippen molar-refractivity contribution in [2.45, 2.75) is 31.7 Å². The van der Waals surface area contributed by atoms with Crippen LogP contribution in [0.5, 0.6) is 0 Å². The van der Waals surface area contributed by atoms with Crippen molar-refractivity contribution in [3.63, 3.8) is 0 Å². The van der Waals surface area contributed by atoms with Gasteiger partial charge in [-0.1, -0.05) is 19.1 Å². The Kier molecular flexibility index (Phi) is 5.44. The number of likely N-dealkylation sites (tertiary alicyclic amines) is 1. The molecule has 1 aromatic rings. The Labute approximate surface area is 126 Å². The van der Waals surface area contributed by atoms with Crippen molar-refractivity contribution in [1.29, 1.82) is 0 Å². The number of halogens is 1. The zero-order valence-electron chi connectivity index (χ0n) is 12.3. The number of hydrogen-bond acceptors (Lipinski definition) is 2. The summed E-state index contributed by atoms with van der Waals surface area (Å²) in [6, 6.07) is 8.08. The summed E-state index contributed by atoms with van der Waals surface area (Å²) in [6.45, 7) is 5.22. The van der Waals surface area contributed by atoms with E-state index in [4.69, 9.17) is 11.6 Å². The Hall–Kier alpha value is -1.06. The Bertz CT molecular complexity index is 446. The molecule has 1 aliphatic rings. The van der Waals surface area contributed by atoms with Gasteiger partial charge in [0.05, 0.1) is 0 Å². The monoisotopic (exact) mass is 294 g/mol. The largest absolute Gasteiger partial charge is 0.340 e. The molecule has 0 saturated carbocycles. The number of carbonyl (C=O) groups is 1. The van der Waals surface area contributed by atoms with Gasteiger partial charge in [0, 0.05) is 31.1 Å². The molecule has 0 spiro atoms. The summed E-state index contributed by atoms with van der Waals surface area (Å²) in [4.78, 5) is 16.7. The van der Waals surface area contributed by atoms with Crippen LogP contribution in [0.15, 0.2) is 24.3 Å². The van der Waals surface area contributed by atoms with Gasteiger partial charge in [0.1, 0.15) is 0 Å². The molecule has 1 atom stereocenters. The molecule has 3 nitrogen and oxygen atoms in total. The molecule has 1 amide bonds. The van der Waals surface area contributed by atoms with Crippen molar-refractivity contribution in [2.24, 2.45) is 0 Å². The number of nitrogens with zero attached hydrogens (tertiary/aromatic N) is 2. The summed E-state index contributed by atoms with van der Waals surface area (Å²) in [6.07, 6.45) is 2.43. The lowest BCUT2D eigenvalue weighted by Crippen LogP contribution is -2.41. The van der Waals surface area contributed by atoms with Gasteiger partial charge in [-0.05, 0) is 43.6 Å². The van der Waals surface area contributed by atoms with E-state index < -0.39 is 0 Å². The summed E-state index contributed by atoms with van der Waals surface area (Å²) in [5.41, 5.74) is 1.78. The van der Waals surface area contributed by atoms with E-state index in [1.165, 1.54) is 12.8 Å². The van der Waals surface area contributed by atoms with Crippen molar-refractivity contribution in [3.8, 4) is 0 Å². The van der Waals surface area contributed by atoms with Gasteiger partial charge in [-0.25, -0.2) is 0 Å². The van der Waals surface area contributed by atoms with Crippen molar-refractivity contribution < 1.29 is 4.79 Å². The lowest BCUT2D eigenvalue weighted by Gasteiger charge is -2.27. The molecule has 4 heteroatoms. The van der Waals surface area contributed by atoms with Gasteiger partial charge in [0.15, 0.2) is 0 Å². The molecular formula is C16H23ClN2O. The van der Waals surface area contributed by atoms with E-state index in [1.54, 1.807) is 0 Å². The summed E-state index contributed by atoms with van der Waals surface area (Å²) < 4.78 is 0. The SMILES string of the molecule is CCN1CCCC1CN(C)C(=O)c1ccc(CCl)cc1. The second-order valence-electron chi connectivity index (χ2n) is 5.44. The van der Waals surface area contributed by atoms with Crippen LogP contribution in [0.4, 0.5) is 0 Å². The van der Waals surface area contributed by atoms with Gasteiger partial charge in [-0.2, -0.15) is 0 Å². The molecule has 1 aliphatic heterocycles. The Morgan fingerprint density at radius 1 is 1.40 bits per heavy atom. The zero-order chi connectivity index (χ0) is 14.5. The second kappa shape index (κ2) is 7.09. The summed E-state index contributed by atoms with van der Waals surface area (Å²) in [5.74, 6) is 0.576. The van der Waals surface area contributed by atoms with Gasteiger partial charge < -0.3 is 4.90 Å². The minimum atomic E-state index is 0.0917. The standard InChI is InChI=1S/C16H23ClN2O/c1-3-19-10-4-5-15(19)12-18(2)16(20)14-8-6-13(11-17)7-9-14/h6-9,15H,3-5,10-12H2,1-2H3. The molecule has 1 heterocycles. The first kappa shape index (κ1) is 15.3. The third-order valence-electron chi connectivity index (χ3n) is 4.09. The minimum Gasteiger partial charge on any atom is -0.340 e. The smallest absolute Gasteiger partial charge is 0.253 e. The van der Waals surface area contributed by atoms with E-state index in [2.05, 4.69) is 11.8 Å². The lowest BCUT2D eigenvalue weighted by atomic mass is 10.1. The Balaban J connectivity index is 1.97. The highest BCUT2D eigenvalue weighted by Gasteiger charge is 2.25. The predicted octanol–water partition coefficient (Wildman–Crippen LogP) is 2.98. The normalized spacial score (nSPS) is 19.2. The molecule has 1 aromatic carbocycles. The number of alkyl halides is 1. The molecule has 1 unspecified atom stereocenters. The van der Waals surface area contributed by atoms with Crippen LogP contribution in [0, 0.1) is 0 Å². The lowest BCUT2D eigenvalue weighted by molar-refractivity contribution is 0.0754. The maximum atomic E-state index is 12.4. The van der Waals surface area contributed by atoms with Crippen molar-refractivity contribution in [2.75, 3.05) is 26.7 Å². The first-order valence-corrected chi connectivity index (χ1v) is 7.83. The van der Waals surface area contributed by atoms with Gasteiger partial charge in [0.25, 0.3) is 5.91 Å². The van der Waals surface area contributed by atoms with E-state index >= 15 is 0 Å². The van der Waals surface area contributed by atoms with Crippen LogP contribution in [0.2, 0.25) is 0 Å². The molecular weight excluding hydrogens is 272 g/mol. The fourth-order valence-corrected chi connectivity index (χ4v) is 3.05. The van der Waals surface area contributed by atoms with Gasteiger partial charge in [-0.15, -0.1) is 11.6 Å². The maximum absolute atomic E-state index is 12.4. The molecule has 20 heavy (non-hydrogen) atoms. The van der Waals surface area contributed by atoms with Gasteiger partial charge in [0.2, 0.25) is 0 Å². The quantitative estimate of drug-likeness (QED) is 0.780. The highest BCUT2D eigenvalue weighted by molar-refractivity contribution is 6.17. The molecule has 110 valence electrons. The highest BCUT2D eigenvalue weighted by Crippen LogP contribution is 2.18. The fourth-order valence-electron chi connectivity index (χ4n) is 2.87. The first-order chi connectivity index (χ1) is 9.65. The number of rotatable bonds is 5. The van der Waals surface area contributed by atoms with Gasteiger partial charge in [-0.3, -0.25) is 9.69 Å². The van der Waals surface area contributed by atoms with Crippen LogP contribution in [-0.2, 0) is 5.88 Å². The average Bonchev–Trinajstić information content (AvgIpc) is 2.93. The van der Waals surface area contributed by atoms with E-state index in [9.17, 15) is 4.79 Å². The molecule has 0 aliphatic carbocycles. The zero-order valence-corrected chi connectivity index (χ0v) is 13.1. The third-order valence-corrected chi connectivity index (χ3v) is 4.40. The molecule has 0 N–H and O–H groups in total. The maximum Gasteiger partial charge on any atom is 0.253 e. The van der Waals surface area contributed by atoms with Crippen molar-refractivity contribution >= 4 is 17.5 Å². The summed E-state index contributed by atoms with van der Waals surface area (Å²) in [7, 11) is 1.89. The van der Waals surface area contributed by atoms with Crippen LogP contribution in [0.3, 0.4) is 0 Å². The first-order valence-electron chi connectivity index (χ1n) is 7.30. The van der Waals surface area contributed by atoms with Crippen LogP contribution in [0.1, 0.15) is 35.7 Å². The van der Waals surface area contributed by atoms with Crippen LogP contribution in [0.25, 0.3) is 0 Å². The van der Waals surface area contributed by atoms with E-state index in [0.717, 1.165) is 30.8 Å². The highest BCUT2D eigenvalue weighted by atomic mass is 35.5. The van der Waals surface area contributed by atoms with E-state index in [1.807, 2.05) is 36.2 Å². The molecule has 1 saturated heterocycles. The number of likely N-dealkylation sites (N-methyl/N-ethyl adjacent to an activating group) is 2. The Morgan fingerprint density at radius 3 is 2.70 bits per heavy atom.